The molecule has 0 radical (unpaired) electrons. The molecule has 0 unspecified atom stereocenters. The predicted molar refractivity (Wildman–Crippen MR) is 48.8 cm³/mol. The van der Waals surface area contributed by atoms with Gasteiger partial charge < -0.3 is 5.11 Å². The molecular weight excluding hydrogens is 220 g/mol. The van der Waals surface area contributed by atoms with Gasteiger partial charge in [0, 0.05) is 10.7 Å². The normalized spacial score (nSPS) is 10.8. The van der Waals surface area contributed by atoms with E-state index in [-0.39, 0.29) is 6.61 Å². The SMILES string of the molecule is OCc1cc2c(Br)cccn2n1. The Morgan fingerprint density at radius 2 is 2.42 bits per heavy atom. The summed E-state index contributed by atoms with van der Waals surface area (Å²) in [6.45, 7) is -0.0197. The van der Waals surface area contributed by atoms with E-state index in [0.29, 0.717) is 5.69 Å². The van der Waals surface area contributed by atoms with Crippen LogP contribution in [0.4, 0.5) is 0 Å². The zero-order valence-corrected chi connectivity index (χ0v) is 7.82. The zero-order chi connectivity index (χ0) is 8.55. The topological polar surface area (TPSA) is 37.5 Å². The lowest BCUT2D eigenvalue weighted by Crippen LogP contribution is -1.87. The first-order valence-electron chi connectivity index (χ1n) is 3.55. The predicted octanol–water partition coefficient (Wildman–Crippen LogP) is 1.59. The second-order valence-electron chi connectivity index (χ2n) is 2.48. The van der Waals surface area contributed by atoms with Crippen LogP contribution in [-0.2, 0) is 6.61 Å². The van der Waals surface area contributed by atoms with E-state index >= 15 is 0 Å². The molecule has 2 rings (SSSR count). The van der Waals surface area contributed by atoms with Crippen molar-refractivity contribution in [3.8, 4) is 0 Å². The molecule has 0 amide bonds. The third kappa shape index (κ3) is 1.13. The fourth-order valence-corrected chi connectivity index (χ4v) is 1.56. The Hall–Kier alpha value is -0.870. The lowest BCUT2D eigenvalue weighted by Gasteiger charge is -1.92. The maximum atomic E-state index is 8.84. The molecule has 0 bridgehead atoms. The van der Waals surface area contributed by atoms with Crippen LogP contribution in [0.25, 0.3) is 5.52 Å². The van der Waals surface area contributed by atoms with Gasteiger partial charge in [-0.1, -0.05) is 0 Å². The quantitative estimate of drug-likeness (QED) is 0.803. The highest BCUT2D eigenvalue weighted by molar-refractivity contribution is 9.10. The van der Waals surface area contributed by atoms with Gasteiger partial charge in [-0.05, 0) is 34.1 Å². The van der Waals surface area contributed by atoms with Crippen molar-refractivity contribution >= 4 is 21.4 Å². The molecule has 2 aromatic rings. The summed E-state index contributed by atoms with van der Waals surface area (Å²) < 4.78 is 2.72. The Morgan fingerprint density at radius 3 is 3.08 bits per heavy atom. The van der Waals surface area contributed by atoms with Gasteiger partial charge in [0.05, 0.1) is 17.8 Å². The summed E-state index contributed by atoms with van der Waals surface area (Å²) in [4.78, 5) is 0. The maximum Gasteiger partial charge on any atom is 0.0889 e. The van der Waals surface area contributed by atoms with Crippen LogP contribution < -0.4 is 0 Å². The Bertz CT molecular complexity index is 410. The molecule has 2 heterocycles. The van der Waals surface area contributed by atoms with Gasteiger partial charge in [-0.3, -0.25) is 0 Å². The number of fused-ring (bicyclic) bond motifs is 1. The first kappa shape index (κ1) is 7.76. The van der Waals surface area contributed by atoms with Crippen molar-refractivity contribution in [2.45, 2.75) is 6.61 Å². The second kappa shape index (κ2) is 2.88. The summed E-state index contributed by atoms with van der Waals surface area (Å²) >= 11 is 3.40. The number of aromatic nitrogens is 2. The molecule has 2 aromatic heterocycles. The van der Waals surface area contributed by atoms with Crippen molar-refractivity contribution in [2.24, 2.45) is 0 Å². The average molecular weight is 227 g/mol. The van der Waals surface area contributed by atoms with Gasteiger partial charge in [0.2, 0.25) is 0 Å². The molecular formula is C8H7BrN2O. The van der Waals surface area contributed by atoms with Crippen molar-refractivity contribution in [1.29, 1.82) is 0 Å². The molecule has 0 atom stereocenters. The minimum absolute atomic E-state index is 0.0197. The van der Waals surface area contributed by atoms with E-state index in [0.717, 1.165) is 9.99 Å². The Morgan fingerprint density at radius 1 is 1.58 bits per heavy atom. The van der Waals surface area contributed by atoms with E-state index in [9.17, 15) is 0 Å². The van der Waals surface area contributed by atoms with Crippen molar-refractivity contribution in [1.82, 2.24) is 9.61 Å². The van der Waals surface area contributed by atoms with E-state index in [1.165, 1.54) is 0 Å². The lowest BCUT2D eigenvalue weighted by atomic mass is 10.4. The largest absolute Gasteiger partial charge is 0.390 e. The van der Waals surface area contributed by atoms with Crippen LogP contribution in [0.15, 0.2) is 28.9 Å². The summed E-state index contributed by atoms with van der Waals surface area (Å²) in [5, 5.41) is 13.0. The van der Waals surface area contributed by atoms with E-state index in [1.807, 2.05) is 24.4 Å². The van der Waals surface area contributed by atoms with Crippen LogP contribution in [0.5, 0.6) is 0 Å². The molecule has 0 aliphatic carbocycles. The summed E-state index contributed by atoms with van der Waals surface area (Å²) in [6.07, 6.45) is 1.85. The molecule has 4 heteroatoms. The molecule has 0 aliphatic heterocycles. The van der Waals surface area contributed by atoms with Crippen LogP contribution in [0, 0.1) is 0 Å². The average Bonchev–Trinajstić information content (AvgIpc) is 2.49. The molecule has 12 heavy (non-hydrogen) atoms. The number of halogens is 1. The molecule has 0 spiro atoms. The van der Waals surface area contributed by atoms with Crippen molar-refractivity contribution in [3.05, 3.63) is 34.6 Å². The van der Waals surface area contributed by atoms with Crippen molar-refractivity contribution in [2.75, 3.05) is 0 Å². The van der Waals surface area contributed by atoms with Crippen LogP contribution in [0.3, 0.4) is 0 Å². The lowest BCUT2D eigenvalue weighted by molar-refractivity contribution is 0.276. The molecule has 0 aliphatic rings. The molecule has 0 fully saturated rings. The molecule has 3 nitrogen and oxygen atoms in total. The zero-order valence-electron chi connectivity index (χ0n) is 6.24. The van der Waals surface area contributed by atoms with E-state index < -0.39 is 0 Å². The van der Waals surface area contributed by atoms with Crippen LogP contribution in [0.2, 0.25) is 0 Å². The van der Waals surface area contributed by atoms with Crippen molar-refractivity contribution in [3.63, 3.8) is 0 Å². The van der Waals surface area contributed by atoms with E-state index in [2.05, 4.69) is 21.0 Å². The third-order valence-electron chi connectivity index (χ3n) is 1.66. The van der Waals surface area contributed by atoms with Crippen molar-refractivity contribution < 1.29 is 5.11 Å². The first-order valence-corrected chi connectivity index (χ1v) is 4.34. The van der Waals surface area contributed by atoms with Gasteiger partial charge in [-0.2, -0.15) is 5.10 Å². The maximum absolute atomic E-state index is 8.84. The third-order valence-corrected chi connectivity index (χ3v) is 2.33. The minimum Gasteiger partial charge on any atom is -0.390 e. The molecule has 0 saturated carbocycles. The Kier molecular flexibility index (Phi) is 1.86. The highest BCUT2D eigenvalue weighted by atomic mass is 79.9. The standard InChI is InChI=1S/C8H7BrN2O/c9-7-2-1-3-11-8(7)4-6(5-12)10-11/h1-4,12H,5H2. The van der Waals surface area contributed by atoms with E-state index in [4.69, 9.17) is 5.11 Å². The van der Waals surface area contributed by atoms with Crippen LogP contribution in [0.1, 0.15) is 5.69 Å². The first-order chi connectivity index (χ1) is 5.81. The number of hydrogen-bond acceptors (Lipinski definition) is 2. The summed E-state index contributed by atoms with van der Waals surface area (Å²) in [5.41, 5.74) is 1.66. The van der Waals surface area contributed by atoms with Crippen LogP contribution >= 0.6 is 15.9 Å². The number of nitrogens with zero attached hydrogens (tertiary/aromatic N) is 2. The van der Waals surface area contributed by atoms with Gasteiger partial charge in [-0.25, -0.2) is 4.52 Å². The fourth-order valence-electron chi connectivity index (χ4n) is 1.11. The number of aliphatic hydroxyl groups excluding tert-OH is 1. The number of pyridine rings is 1. The molecule has 1 N–H and O–H groups in total. The molecule has 0 saturated heterocycles. The van der Waals surface area contributed by atoms with E-state index in [1.54, 1.807) is 4.52 Å². The Balaban J connectivity index is 2.74. The second-order valence-corrected chi connectivity index (χ2v) is 3.33. The fraction of sp³-hybridized carbons (Fsp3) is 0.125. The minimum atomic E-state index is -0.0197. The number of aliphatic hydroxyl groups is 1. The summed E-state index contributed by atoms with van der Waals surface area (Å²) in [7, 11) is 0. The van der Waals surface area contributed by atoms with Gasteiger partial charge >= 0.3 is 0 Å². The summed E-state index contributed by atoms with van der Waals surface area (Å²) in [6, 6.07) is 5.69. The molecule has 0 aromatic carbocycles. The van der Waals surface area contributed by atoms with Gasteiger partial charge in [0.15, 0.2) is 0 Å². The van der Waals surface area contributed by atoms with Crippen LogP contribution in [-0.4, -0.2) is 14.7 Å². The monoisotopic (exact) mass is 226 g/mol. The summed E-state index contributed by atoms with van der Waals surface area (Å²) in [5.74, 6) is 0. The highest BCUT2D eigenvalue weighted by Crippen LogP contribution is 2.17. The van der Waals surface area contributed by atoms with Gasteiger partial charge in [0.25, 0.3) is 0 Å². The molecule has 62 valence electrons. The highest BCUT2D eigenvalue weighted by Gasteiger charge is 2.01. The van der Waals surface area contributed by atoms with Gasteiger partial charge in [-0.15, -0.1) is 0 Å². The smallest absolute Gasteiger partial charge is 0.0889 e. The number of rotatable bonds is 1. The van der Waals surface area contributed by atoms with Gasteiger partial charge in [0.1, 0.15) is 0 Å². The number of hydrogen-bond donors (Lipinski definition) is 1. The Labute approximate surface area is 77.8 Å².